The van der Waals surface area contributed by atoms with E-state index in [1.165, 1.54) is 19.1 Å². The van der Waals surface area contributed by atoms with Crippen LogP contribution in [0.4, 0.5) is 5.13 Å². The molecule has 2 aromatic heterocycles. The molecular weight excluding hydrogens is 484 g/mol. The zero-order valence-electron chi connectivity index (χ0n) is 19.8. The second kappa shape index (κ2) is 8.72. The van der Waals surface area contributed by atoms with Crippen LogP contribution >= 0.6 is 11.3 Å². The molecule has 1 unspecified atom stereocenters. The van der Waals surface area contributed by atoms with E-state index in [2.05, 4.69) is 4.98 Å². The molecule has 182 valence electrons. The topological polar surface area (TPSA) is 116 Å². The van der Waals surface area contributed by atoms with Crippen molar-refractivity contribution in [3.8, 4) is 0 Å². The van der Waals surface area contributed by atoms with E-state index in [-0.39, 0.29) is 26.8 Å². The average molecular weight is 505 g/mol. The molecule has 0 saturated heterocycles. The Morgan fingerprint density at radius 3 is 2.36 bits per heavy atom. The van der Waals surface area contributed by atoms with Crippen molar-refractivity contribution in [3.63, 3.8) is 0 Å². The highest BCUT2D eigenvalue weighted by atomic mass is 32.1. The largest absolute Gasteiger partial charge is 0.465 e. The number of esters is 2. The number of hydrogen-bond donors (Lipinski definition) is 0. The summed E-state index contributed by atoms with van der Waals surface area (Å²) in [5, 5.41) is 0.566. The van der Waals surface area contributed by atoms with Gasteiger partial charge in [0.15, 0.2) is 10.6 Å². The van der Waals surface area contributed by atoms with E-state index in [9.17, 15) is 19.2 Å². The molecule has 0 spiro atoms. The molecule has 0 bridgehead atoms. The first-order valence-corrected chi connectivity index (χ1v) is 11.7. The second-order valence-corrected chi connectivity index (χ2v) is 9.24. The van der Waals surface area contributed by atoms with Gasteiger partial charge in [0, 0.05) is 0 Å². The Balaban J connectivity index is 1.75. The number of amides is 1. The lowest BCUT2D eigenvalue weighted by atomic mass is 9.97. The van der Waals surface area contributed by atoms with Crippen LogP contribution in [0.25, 0.3) is 11.0 Å². The average Bonchev–Trinajstić information content (AvgIpc) is 3.41. The van der Waals surface area contributed by atoms with Crippen molar-refractivity contribution in [2.45, 2.75) is 19.9 Å². The number of benzene rings is 2. The fourth-order valence-electron chi connectivity index (χ4n) is 4.29. The van der Waals surface area contributed by atoms with Crippen LogP contribution in [0.5, 0.6) is 0 Å². The third-order valence-corrected chi connectivity index (χ3v) is 7.17. The van der Waals surface area contributed by atoms with Crippen molar-refractivity contribution < 1.29 is 28.3 Å². The minimum Gasteiger partial charge on any atom is -0.465 e. The van der Waals surface area contributed by atoms with Gasteiger partial charge >= 0.3 is 11.9 Å². The number of nitrogens with zero attached hydrogens (tertiary/aromatic N) is 2. The van der Waals surface area contributed by atoms with E-state index in [4.69, 9.17) is 13.9 Å². The van der Waals surface area contributed by atoms with Crippen LogP contribution in [-0.4, -0.2) is 37.0 Å². The number of carbonyl (C=O) groups excluding carboxylic acids is 3. The summed E-state index contributed by atoms with van der Waals surface area (Å²) in [4.78, 5) is 57.6. The molecule has 1 aliphatic heterocycles. The summed E-state index contributed by atoms with van der Waals surface area (Å²) in [6, 6.07) is 10.7. The minimum absolute atomic E-state index is 0.0918. The van der Waals surface area contributed by atoms with Crippen LogP contribution in [0.3, 0.4) is 0 Å². The van der Waals surface area contributed by atoms with Crippen LogP contribution in [-0.2, 0) is 9.47 Å². The number of rotatable bonds is 4. The monoisotopic (exact) mass is 504 g/mol. The van der Waals surface area contributed by atoms with Crippen LogP contribution in [0.2, 0.25) is 0 Å². The lowest BCUT2D eigenvalue weighted by Crippen LogP contribution is -2.29. The lowest BCUT2D eigenvalue weighted by molar-refractivity contribution is 0.0593. The summed E-state index contributed by atoms with van der Waals surface area (Å²) in [6.45, 7) is 3.50. The van der Waals surface area contributed by atoms with Crippen LogP contribution in [0, 0.1) is 13.8 Å². The molecule has 2 aromatic carbocycles. The molecule has 0 fully saturated rings. The maximum atomic E-state index is 13.7. The van der Waals surface area contributed by atoms with Crippen LogP contribution < -0.4 is 10.3 Å². The number of thiazole rings is 1. The predicted octanol–water partition coefficient (Wildman–Crippen LogP) is 4.19. The molecule has 0 saturated carbocycles. The summed E-state index contributed by atoms with van der Waals surface area (Å²) in [7, 11) is 2.55. The number of methoxy groups -OCH3 is 2. The van der Waals surface area contributed by atoms with Gasteiger partial charge in [0.1, 0.15) is 10.5 Å². The molecular formula is C26H20N2O7S. The van der Waals surface area contributed by atoms with Gasteiger partial charge in [0.25, 0.3) is 5.91 Å². The zero-order chi connectivity index (χ0) is 25.7. The van der Waals surface area contributed by atoms with E-state index < -0.39 is 23.9 Å². The molecule has 1 amide bonds. The summed E-state index contributed by atoms with van der Waals surface area (Å²) in [6.07, 6.45) is 0. The molecule has 1 atom stereocenters. The maximum absolute atomic E-state index is 13.7. The number of hydrogen-bond acceptors (Lipinski definition) is 9. The number of aromatic nitrogens is 1. The van der Waals surface area contributed by atoms with Gasteiger partial charge < -0.3 is 13.9 Å². The summed E-state index contributed by atoms with van der Waals surface area (Å²) in [5.74, 6) is -1.74. The smallest absolute Gasteiger partial charge is 0.350 e. The third-order valence-electron chi connectivity index (χ3n) is 6.04. The summed E-state index contributed by atoms with van der Waals surface area (Å²) in [5.41, 5.74) is 2.26. The van der Waals surface area contributed by atoms with E-state index in [0.29, 0.717) is 27.8 Å². The standard InChI is InChI=1S/C26H20N2O7S/c1-12-5-10-17-16(11-12)20(29)18-19(14-6-8-15(9-7-14)24(31)33-3)28(23(30)21(18)35-17)26-27-13(2)22(36-26)25(32)34-4/h5-11,19H,1-4H3. The van der Waals surface area contributed by atoms with Crippen LogP contribution in [0.15, 0.2) is 51.7 Å². The number of ether oxygens (including phenoxy) is 2. The summed E-state index contributed by atoms with van der Waals surface area (Å²) < 4.78 is 15.6. The van der Waals surface area contributed by atoms with Crippen molar-refractivity contribution in [2.75, 3.05) is 19.1 Å². The molecule has 0 radical (unpaired) electrons. The molecule has 36 heavy (non-hydrogen) atoms. The van der Waals surface area contributed by atoms with Crippen LogP contribution in [0.1, 0.15) is 59.0 Å². The minimum atomic E-state index is -0.892. The molecule has 5 rings (SSSR count). The Morgan fingerprint density at radius 1 is 1.00 bits per heavy atom. The van der Waals surface area contributed by atoms with Gasteiger partial charge in [-0.25, -0.2) is 14.6 Å². The highest BCUT2D eigenvalue weighted by molar-refractivity contribution is 7.17. The van der Waals surface area contributed by atoms with Crippen molar-refractivity contribution in [1.29, 1.82) is 0 Å². The van der Waals surface area contributed by atoms with E-state index in [1.54, 1.807) is 49.4 Å². The molecule has 0 aliphatic carbocycles. The Hall–Kier alpha value is -4.31. The van der Waals surface area contributed by atoms with Gasteiger partial charge in [0.2, 0.25) is 5.76 Å². The number of fused-ring (bicyclic) bond motifs is 2. The lowest BCUT2D eigenvalue weighted by Gasteiger charge is -2.22. The quantitative estimate of drug-likeness (QED) is 0.380. The normalized spacial score (nSPS) is 14.7. The van der Waals surface area contributed by atoms with Crippen molar-refractivity contribution in [2.24, 2.45) is 0 Å². The van der Waals surface area contributed by atoms with Crippen molar-refractivity contribution in [3.05, 3.63) is 91.3 Å². The molecule has 4 aromatic rings. The predicted molar refractivity (Wildman–Crippen MR) is 132 cm³/mol. The van der Waals surface area contributed by atoms with E-state index in [1.807, 2.05) is 6.92 Å². The van der Waals surface area contributed by atoms with Crippen molar-refractivity contribution in [1.82, 2.24) is 4.98 Å². The van der Waals surface area contributed by atoms with Gasteiger partial charge in [-0.05, 0) is 43.7 Å². The van der Waals surface area contributed by atoms with Crippen molar-refractivity contribution >= 4 is 45.3 Å². The van der Waals surface area contributed by atoms with Gasteiger partial charge in [-0.2, -0.15) is 0 Å². The fourth-order valence-corrected chi connectivity index (χ4v) is 5.30. The number of aryl methyl sites for hydroxylation is 2. The highest BCUT2D eigenvalue weighted by Gasteiger charge is 2.45. The zero-order valence-corrected chi connectivity index (χ0v) is 20.6. The maximum Gasteiger partial charge on any atom is 0.350 e. The van der Waals surface area contributed by atoms with E-state index in [0.717, 1.165) is 16.9 Å². The SMILES string of the molecule is COC(=O)c1ccc(C2c3c(oc4ccc(C)cc4c3=O)C(=O)N2c2nc(C)c(C(=O)OC)s2)cc1. The Morgan fingerprint density at radius 2 is 1.69 bits per heavy atom. The first-order chi connectivity index (χ1) is 17.2. The Labute approximate surface area is 208 Å². The third kappa shape index (κ3) is 3.57. The first-order valence-electron chi connectivity index (χ1n) is 10.9. The second-order valence-electron chi connectivity index (χ2n) is 8.27. The van der Waals surface area contributed by atoms with Gasteiger partial charge in [-0.1, -0.05) is 35.1 Å². The fraction of sp³-hybridized carbons (Fsp3) is 0.192. The molecule has 1 aliphatic rings. The van der Waals surface area contributed by atoms with Gasteiger partial charge in [0.05, 0.1) is 42.5 Å². The van der Waals surface area contributed by atoms with E-state index >= 15 is 0 Å². The first kappa shape index (κ1) is 23.4. The number of carbonyl (C=O) groups is 3. The Kier molecular flexibility index (Phi) is 5.68. The Bertz CT molecular complexity index is 1620. The molecule has 9 nitrogen and oxygen atoms in total. The molecule has 0 N–H and O–H groups in total. The van der Waals surface area contributed by atoms with Gasteiger partial charge in [-0.3, -0.25) is 14.5 Å². The highest BCUT2D eigenvalue weighted by Crippen LogP contribution is 2.43. The number of anilines is 1. The molecule has 3 heterocycles. The van der Waals surface area contributed by atoms with Gasteiger partial charge in [-0.15, -0.1) is 0 Å². The summed E-state index contributed by atoms with van der Waals surface area (Å²) >= 11 is 0.988. The molecule has 10 heteroatoms.